The predicted octanol–water partition coefficient (Wildman–Crippen LogP) is 3.43. The zero-order valence-corrected chi connectivity index (χ0v) is 19.9. The van der Waals surface area contributed by atoms with Gasteiger partial charge in [-0.15, -0.1) is 10.2 Å². The third-order valence-electron chi connectivity index (χ3n) is 6.27. The summed E-state index contributed by atoms with van der Waals surface area (Å²) < 4.78 is 26.9. The summed E-state index contributed by atoms with van der Waals surface area (Å²) in [6.45, 7) is 8.89. The predicted molar refractivity (Wildman–Crippen MR) is 125 cm³/mol. The van der Waals surface area contributed by atoms with Crippen molar-refractivity contribution in [2.24, 2.45) is 0 Å². The number of rotatable bonds is 4. The fourth-order valence-electron chi connectivity index (χ4n) is 4.61. The lowest BCUT2D eigenvalue weighted by Gasteiger charge is -2.21. The average molecular weight is 467 g/mol. The second-order valence-electron chi connectivity index (χ2n) is 9.45. The first-order valence-electron chi connectivity index (χ1n) is 10.9. The van der Waals surface area contributed by atoms with Crippen molar-refractivity contribution in [2.75, 3.05) is 28.6 Å². The van der Waals surface area contributed by atoms with E-state index >= 15 is 0 Å². The number of aromatic nitrogens is 4. The summed E-state index contributed by atoms with van der Waals surface area (Å²) >= 11 is 0. The molecule has 1 aromatic carbocycles. The van der Waals surface area contributed by atoms with Crippen LogP contribution in [-0.2, 0) is 15.3 Å². The van der Waals surface area contributed by atoms with E-state index < -0.39 is 15.3 Å². The van der Waals surface area contributed by atoms with Crippen LogP contribution in [-0.4, -0.2) is 53.0 Å². The number of sulfone groups is 1. The summed E-state index contributed by atoms with van der Waals surface area (Å²) in [5.41, 5.74) is 1.62. The highest BCUT2D eigenvalue weighted by molar-refractivity contribution is 7.91. The van der Waals surface area contributed by atoms with Crippen molar-refractivity contribution in [3.8, 4) is 11.5 Å². The van der Waals surface area contributed by atoms with Gasteiger partial charge in [-0.25, -0.2) is 18.2 Å². The number of carbonyl (C=O) groups excluding carboxylic acids is 1. The molecular formula is C23H26N6O3S. The topological polar surface area (TPSA) is 101 Å². The molecule has 0 aliphatic carbocycles. The maximum Gasteiger partial charge on any atom is 0.330 e. The van der Waals surface area contributed by atoms with Crippen LogP contribution in [0.3, 0.4) is 0 Å². The van der Waals surface area contributed by atoms with E-state index in [2.05, 4.69) is 10.2 Å². The van der Waals surface area contributed by atoms with Crippen molar-refractivity contribution >= 4 is 27.4 Å². The lowest BCUT2D eigenvalue weighted by molar-refractivity contribution is 0.255. The Bertz CT molecular complexity index is 1360. The van der Waals surface area contributed by atoms with E-state index in [9.17, 15) is 13.2 Å². The molecule has 172 valence electrons. The van der Waals surface area contributed by atoms with Crippen molar-refractivity contribution in [2.45, 2.75) is 44.0 Å². The molecule has 1 fully saturated rings. The van der Waals surface area contributed by atoms with Gasteiger partial charge in [0.2, 0.25) is 0 Å². The Hall–Kier alpha value is -3.27. The number of urea groups is 1. The first-order valence-corrected chi connectivity index (χ1v) is 12.6. The van der Waals surface area contributed by atoms with Crippen molar-refractivity contribution in [3.05, 3.63) is 48.3 Å². The molecule has 2 aliphatic heterocycles. The molecular weight excluding hydrogens is 440 g/mol. The van der Waals surface area contributed by atoms with Gasteiger partial charge < -0.3 is 4.57 Å². The van der Waals surface area contributed by atoms with E-state index in [1.54, 1.807) is 34.3 Å². The lowest BCUT2D eigenvalue weighted by atomic mass is 9.87. The minimum Gasteiger partial charge on any atom is -0.310 e. The van der Waals surface area contributed by atoms with Gasteiger partial charge in [-0.3, -0.25) is 9.80 Å². The van der Waals surface area contributed by atoms with Crippen LogP contribution in [0.5, 0.6) is 0 Å². The van der Waals surface area contributed by atoms with Gasteiger partial charge in [0.05, 0.1) is 10.6 Å². The van der Waals surface area contributed by atoms with Crippen LogP contribution in [0.1, 0.15) is 39.3 Å². The van der Waals surface area contributed by atoms with Crippen molar-refractivity contribution in [3.63, 3.8) is 0 Å². The smallest absolute Gasteiger partial charge is 0.310 e. The van der Waals surface area contributed by atoms with Crippen LogP contribution in [0.2, 0.25) is 0 Å². The molecule has 5 rings (SSSR count). The molecule has 2 amide bonds. The van der Waals surface area contributed by atoms with Crippen LogP contribution >= 0.6 is 0 Å². The molecule has 0 unspecified atom stereocenters. The fourth-order valence-corrected chi connectivity index (χ4v) is 6.81. The monoisotopic (exact) mass is 466 g/mol. The molecule has 33 heavy (non-hydrogen) atoms. The number of nitrogens with zero attached hydrogens (tertiary/aromatic N) is 6. The lowest BCUT2D eigenvalue weighted by Crippen LogP contribution is -2.32. The number of amides is 2. The Morgan fingerprint density at radius 3 is 2.58 bits per heavy atom. The Morgan fingerprint density at radius 2 is 1.82 bits per heavy atom. The Labute approximate surface area is 193 Å². The molecule has 9 nitrogen and oxygen atoms in total. The van der Waals surface area contributed by atoms with E-state index in [1.807, 2.05) is 50.5 Å². The van der Waals surface area contributed by atoms with Crippen LogP contribution in [0.25, 0.3) is 11.5 Å². The number of hydrogen-bond acceptors (Lipinski definition) is 6. The highest BCUT2D eigenvalue weighted by atomic mass is 32.2. The third-order valence-corrected chi connectivity index (χ3v) is 8.40. The van der Waals surface area contributed by atoms with E-state index in [0.717, 1.165) is 5.56 Å². The highest BCUT2D eigenvalue weighted by Crippen LogP contribution is 2.41. The van der Waals surface area contributed by atoms with Gasteiger partial charge in [0.1, 0.15) is 17.8 Å². The second-order valence-corrected chi connectivity index (χ2v) is 11.4. The number of anilines is 2. The zero-order valence-electron chi connectivity index (χ0n) is 19.1. The molecule has 0 spiro atoms. The summed E-state index contributed by atoms with van der Waals surface area (Å²) in [6, 6.07) is 10.7. The number of hydrogen-bond donors (Lipinski definition) is 0. The summed E-state index contributed by atoms with van der Waals surface area (Å²) in [5.74, 6) is 1.27. The highest BCUT2D eigenvalue weighted by Gasteiger charge is 2.41. The molecule has 2 aliphatic rings. The SMILES string of the molecule is CC(C)n1cnnc1-c1cccc(N2CCN(c3ccc4c(c3)C(C)(C)CS4(=O)=O)C2=O)n1. The van der Waals surface area contributed by atoms with Gasteiger partial charge in [0, 0.05) is 30.2 Å². The zero-order chi connectivity index (χ0) is 23.5. The van der Waals surface area contributed by atoms with Crippen LogP contribution < -0.4 is 9.80 Å². The molecule has 2 aromatic heterocycles. The summed E-state index contributed by atoms with van der Waals surface area (Å²) in [5, 5.41) is 8.21. The maximum atomic E-state index is 13.3. The van der Waals surface area contributed by atoms with Crippen LogP contribution in [0.4, 0.5) is 16.3 Å². The van der Waals surface area contributed by atoms with Gasteiger partial charge in [0.25, 0.3) is 0 Å². The molecule has 4 heterocycles. The molecule has 0 saturated carbocycles. The van der Waals surface area contributed by atoms with E-state index in [-0.39, 0.29) is 17.8 Å². The minimum atomic E-state index is -3.29. The Kier molecular flexibility index (Phi) is 4.82. The second kappa shape index (κ2) is 7.38. The first kappa shape index (κ1) is 21.6. The van der Waals surface area contributed by atoms with E-state index in [0.29, 0.717) is 41.0 Å². The van der Waals surface area contributed by atoms with Crippen LogP contribution in [0.15, 0.2) is 47.6 Å². The van der Waals surface area contributed by atoms with Gasteiger partial charge in [-0.05, 0) is 49.7 Å². The molecule has 0 radical (unpaired) electrons. The van der Waals surface area contributed by atoms with Crippen molar-refractivity contribution < 1.29 is 13.2 Å². The first-order chi connectivity index (χ1) is 15.6. The van der Waals surface area contributed by atoms with E-state index in [1.165, 1.54) is 0 Å². The van der Waals surface area contributed by atoms with Gasteiger partial charge in [-0.1, -0.05) is 19.9 Å². The molecule has 0 atom stereocenters. The van der Waals surface area contributed by atoms with Gasteiger partial charge in [-0.2, -0.15) is 0 Å². The summed E-state index contributed by atoms with van der Waals surface area (Å²) in [7, 11) is -3.29. The van der Waals surface area contributed by atoms with Gasteiger partial charge >= 0.3 is 6.03 Å². The van der Waals surface area contributed by atoms with Crippen LogP contribution in [0, 0.1) is 0 Å². The largest absolute Gasteiger partial charge is 0.330 e. The number of carbonyl (C=O) groups is 1. The molecule has 3 aromatic rings. The fraction of sp³-hybridized carbons (Fsp3) is 0.391. The number of fused-ring (bicyclic) bond motifs is 1. The number of benzene rings is 1. The van der Waals surface area contributed by atoms with Gasteiger partial charge in [0.15, 0.2) is 15.7 Å². The van der Waals surface area contributed by atoms with Crippen molar-refractivity contribution in [1.82, 2.24) is 19.7 Å². The Morgan fingerprint density at radius 1 is 1.06 bits per heavy atom. The minimum absolute atomic E-state index is 0.0799. The molecule has 0 bridgehead atoms. The normalized spacial score (nSPS) is 18.9. The number of pyridine rings is 1. The molecule has 0 N–H and O–H groups in total. The third kappa shape index (κ3) is 3.49. The maximum absolute atomic E-state index is 13.3. The summed E-state index contributed by atoms with van der Waals surface area (Å²) in [6.07, 6.45) is 1.67. The molecule has 10 heteroatoms. The quantitative estimate of drug-likeness (QED) is 0.584. The van der Waals surface area contributed by atoms with Crippen molar-refractivity contribution in [1.29, 1.82) is 0 Å². The molecule has 1 saturated heterocycles. The standard InChI is InChI=1S/C23H26N6O3S/c1-15(2)29-14-24-26-21(29)18-6-5-7-20(25-18)28-11-10-27(22(28)30)16-8-9-19-17(12-16)23(3,4)13-33(19,31)32/h5-9,12,14-15H,10-11,13H2,1-4H3. The Balaban J connectivity index is 1.45. The van der Waals surface area contributed by atoms with E-state index in [4.69, 9.17) is 4.98 Å². The summed E-state index contributed by atoms with van der Waals surface area (Å²) in [4.78, 5) is 21.7. The average Bonchev–Trinajstić information content (AvgIpc) is 3.43.